The lowest BCUT2D eigenvalue weighted by Gasteiger charge is -2.15. The summed E-state index contributed by atoms with van der Waals surface area (Å²) in [6.07, 6.45) is 3.92. The number of aromatic nitrogens is 3. The van der Waals surface area contributed by atoms with E-state index in [1.165, 1.54) is 4.31 Å². The molecule has 174 valence electrons. The van der Waals surface area contributed by atoms with Gasteiger partial charge in [-0.15, -0.1) is 5.10 Å². The molecule has 0 spiro atoms. The van der Waals surface area contributed by atoms with Gasteiger partial charge in [0.1, 0.15) is 0 Å². The molecule has 34 heavy (non-hydrogen) atoms. The zero-order valence-corrected chi connectivity index (χ0v) is 19.4. The molecule has 4 aromatic rings. The van der Waals surface area contributed by atoms with E-state index in [-0.39, 0.29) is 5.91 Å². The highest BCUT2D eigenvalue weighted by Gasteiger charge is 2.16. The van der Waals surface area contributed by atoms with Crippen molar-refractivity contribution in [1.82, 2.24) is 18.9 Å². The lowest BCUT2D eigenvalue weighted by Crippen LogP contribution is -2.20. The Morgan fingerprint density at radius 1 is 1.18 bits per heavy atom. The van der Waals surface area contributed by atoms with Gasteiger partial charge in [-0.25, -0.2) is 13.7 Å². The van der Waals surface area contributed by atoms with Crippen LogP contribution in [0.1, 0.15) is 24.0 Å². The Labute approximate surface area is 199 Å². The van der Waals surface area contributed by atoms with Crippen LogP contribution >= 0.6 is 0 Å². The standard InChI is InChI=1S/C24H24N6O3S/c1-29(34(32)33)15-17-5-2-3-7-20(17)22-12-10-19-14-25-24(28-30(19)22)26-18-9-11-21-16(13-18)6-4-8-23(31)27-21/h2-3,5,7,9-14H,4,6,8,15H2,1H3,(H,26,28)(H,27,31)(H,32,33). The molecule has 0 bridgehead atoms. The van der Waals surface area contributed by atoms with Crippen LogP contribution < -0.4 is 10.6 Å². The third kappa shape index (κ3) is 4.56. The number of anilines is 3. The summed E-state index contributed by atoms with van der Waals surface area (Å²) in [5.74, 6) is 0.485. The van der Waals surface area contributed by atoms with Crippen LogP contribution in [-0.2, 0) is 29.0 Å². The number of nitrogens with zero attached hydrogens (tertiary/aromatic N) is 4. The number of hydrogen-bond donors (Lipinski definition) is 3. The Bertz CT molecular complexity index is 1400. The smallest absolute Gasteiger partial charge is 0.245 e. The SMILES string of the molecule is CN(Cc1ccccc1-c1ccc2cnc(Nc3ccc4c(c3)CCCC(=O)N4)nn12)S(=O)O. The first-order chi connectivity index (χ1) is 16.5. The van der Waals surface area contributed by atoms with Gasteiger partial charge in [0.2, 0.25) is 23.1 Å². The fourth-order valence-corrected chi connectivity index (χ4v) is 4.40. The van der Waals surface area contributed by atoms with Crippen LogP contribution in [0.15, 0.2) is 60.8 Å². The van der Waals surface area contributed by atoms with Crippen LogP contribution in [0.25, 0.3) is 16.8 Å². The van der Waals surface area contributed by atoms with Crippen LogP contribution in [0.5, 0.6) is 0 Å². The summed E-state index contributed by atoms with van der Waals surface area (Å²) < 4.78 is 24.0. The normalized spacial score (nSPS) is 14.5. The third-order valence-electron chi connectivity index (χ3n) is 5.84. The van der Waals surface area contributed by atoms with Crippen molar-refractivity contribution in [3.8, 4) is 11.3 Å². The van der Waals surface area contributed by atoms with Crippen molar-refractivity contribution in [2.24, 2.45) is 0 Å². The minimum atomic E-state index is -2.06. The highest BCUT2D eigenvalue weighted by molar-refractivity contribution is 7.76. The van der Waals surface area contributed by atoms with Gasteiger partial charge < -0.3 is 10.6 Å². The van der Waals surface area contributed by atoms with Crippen molar-refractivity contribution < 1.29 is 13.6 Å². The second-order valence-corrected chi connectivity index (χ2v) is 9.29. The maximum absolute atomic E-state index is 11.8. The number of benzene rings is 2. The third-order valence-corrected chi connectivity index (χ3v) is 6.50. The van der Waals surface area contributed by atoms with Crippen LogP contribution in [0.4, 0.5) is 17.3 Å². The zero-order valence-electron chi connectivity index (χ0n) is 18.6. The maximum atomic E-state index is 11.8. The van der Waals surface area contributed by atoms with E-state index in [0.717, 1.165) is 52.1 Å². The minimum Gasteiger partial charge on any atom is -0.326 e. The Morgan fingerprint density at radius 3 is 2.88 bits per heavy atom. The summed E-state index contributed by atoms with van der Waals surface area (Å²) >= 11 is -2.06. The van der Waals surface area contributed by atoms with Gasteiger partial charge in [0.25, 0.3) is 0 Å². The fourth-order valence-electron chi connectivity index (χ4n) is 4.15. The fraction of sp³-hybridized carbons (Fsp3) is 0.208. The Hall–Kier alpha value is -3.60. The summed E-state index contributed by atoms with van der Waals surface area (Å²) in [5.41, 5.74) is 6.30. The van der Waals surface area contributed by atoms with E-state index in [9.17, 15) is 13.6 Å². The Balaban J connectivity index is 1.47. The Morgan fingerprint density at radius 2 is 2.03 bits per heavy atom. The molecule has 1 unspecified atom stereocenters. The number of carbonyl (C=O) groups excluding carboxylic acids is 1. The zero-order chi connectivity index (χ0) is 23.7. The molecule has 10 heteroatoms. The number of hydrogen-bond acceptors (Lipinski definition) is 5. The van der Waals surface area contributed by atoms with E-state index in [1.807, 2.05) is 59.1 Å². The number of nitrogens with one attached hydrogen (secondary N) is 2. The molecule has 1 amide bonds. The van der Waals surface area contributed by atoms with E-state index in [0.29, 0.717) is 18.9 Å². The summed E-state index contributed by atoms with van der Waals surface area (Å²) in [7, 11) is 1.60. The monoisotopic (exact) mass is 476 g/mol. The molecule has 0 fully saturated rings. The van der Waals surface area contributed by atoms with Crippen molar-refractivity contribution in [3.63, 3.8) is 0 Å². The van der Waals surface area contributed by atoms with Gasteiger partial charge >= 0.3 is 0 Å². The lowest BCUT2D eigenvalue weighted by atomic mass is 10.0. The molecule has 3 N–H and O–H groups in total. The highest BCUT2D eigenvalue weighted by atomic mass is 32.2. The molecular formula is C24H24N6O3S. The number of fused-ring (bicyclic) bond motifs is 2. The van der Waals surface area contributed by atoms with Gasteiger partial charge in [0, 0.05) is 37.0 Å². The molecule has 2 aromatic carbocycles. The molecule has 3 heterocycles. The molecule has 0 aliphatic carbocycles. The quantitative estimate of drug-likeness (QED) is 0.363. The number of aryl methyl sites for hydroxylation is 1. The molecule has 0 radical (unpaired) electrons. The van der Waals surface area contributed by atoms with E-state index in [4.69, 9.17) is 5.10 Å². The topological polar surface area (TPSA) is 112 Å². The van der Waals surface area contributed by atoms with Gasteiger partial charge in [-0.1, -0.05) is 24.3 Å². The largest absolute Gasteiger partial charge is 0.326 e. The molecule has 1 aliphatic rings. The first-order valence-corrected chi connectivity index (χ1v) is 12.0. The van der Waals surface area contributed by atoms with Crippen molar-refractivity contribution in [3.05, 3.63) is 71.9 Å². The molecule has 9 nitrogen and oxygen atoms in total. The second kappa shape index (κ2) is 9.34. The van der Waals surface area contributed by atoms with Crippen LogP contribution in [0.3, 0.4) is 0 Å². The van der Waals surface area contributed by atoms with E-state index in [2.05, 4.69) is 15.6 Å². The highest BCUT2D eigenvalue weighted by Crippen LogP contribution is 2.28. The molecular weight excluding hydrogens is 452 g/mol. The van der Waals surface area contributed by atoms with Crippen LogP contribution in [0.2, 0.25) is 0 Å². The molecule has 1 aliphatic heterocycles. The van der Waals surface area contributed by atoms with Crippen molar-refractivity contribution >= 4 is 40.0 Å². The number of rotatable bonds is 6. The van der Waals surface area contributed by atoms with E-state index in [1.54, 1.807) is 13.2 Å². The van der Waals surface area contributed by atoms with Crippen LogP contribution in [0, 0.1) is 0 Å². The number of amides is 1. The van der Waals surface area contributed by atoms with Gasteiger partial charge in [-0.2, -0.15) is 4.31 Å². The summed E-state index contributed by atoms with van der Waals surface area (Å²) in [4.78, 5) is 16.3. The van der Waals surface area contributed by atoms with Gasteiger partial charge in [-0.3, -0.25) is 9.35 Å². The summed E-state index contributed by atoms with van der Waals surface area (Å²) in [6.45, 7) is 0.314. The second-order valence-electron chi connectivity index (χ2n) is 8.21. The molecule has 0 saturated carbocycles. The minimum absolute atomic E-state index is 0.0464. The van der Waals surface area contributed by atoms with Crippen molar-refractivity contribution in [2.45, 2.75) is 25.8 Å². The Kier molecular flexibility index (Phi) is 6.10. The number of carbonyl (C=O) groups is 1. The maximum Gasteiger partial charge on any atom is 0.245 e. The first-order valence-electron chi connectivity index (χ1n) is 10.9. The lowest BCUT2D eigenvalue weighted by molar-refractivity contribution is -0.116. The predicted octanol–water partition coefficient (Wildman–Crippen LogP) is 3.98. The summed E-state index contributed by atoms with van der Waals surface area (Å²) in [6, 6.07) is 17.5. The summed E-state index contributed by atoms with van der Waals surface area (Å²) in [5, 5.41) is 10.9. The van der Waals surface area contributed by atoms with Gasteiger partial charge in [-0.05, 0) is 54.3 Å². The van der Waals surface area contributed by atoms with Crippen LogP contribution in [-0.4, -0.2) is 40.6 Å². The first kappa shape index (κ1) is 22.2. The van der Waals surface area contributed by atoms with Crippen molar-refractivity contribution in [1.29, 1.82) is 0 Å². The predicted molar refractivity (Wildman–Crippen MR) is 132 cm³/mol. The molecule has 1 atom stereocenters. The molecule has 0 saturated heterocycles. The van der Waals surface area contributed by atoms with Crippen molar-refractivity contribution in [2.75, 3.05) is 17.7 Å². The van der Waals surface area contributed by atoms with E-state index < -0.39 is 11.3 Å². The van der Waals surface area contributed by atoms with Gasteiger partial charge in [0.05, 0.1) is 17.4 Å². The average molecular weight is 477 g/mol. The van der Waals surface area contributed by atoms with E-state index >= 15 is 0 Å². The van der Waals surface area contributed by atoms with Gasteiger partial charge in [0.15, 0.2) is 0 Å². The molecule has 2 aromatic heterocycles. The molecule has 5 rings (SSSR count). The average Bonchev–Trinajstić information content (AvgIpc) is 3.14.